The van der Waals surface area contributed by atoms with E-state index in [4.69, 9.17) is 5.11 Å². The molecule has 0 aliphatic carbocycles. The molecule has 0 saturated heterocycles. The molecule has 0 heterocycles. The Morgan fingerprint density at radius 3 is 2.20 bits per heavy atom. The molecule has 132 valence electrons. The van der Waals surface area contributed by atoms with E-state index in [2.05, 4.69) is 12.2 Å². The number of carbonyl (C=O) groups is 2. The Kier molecular flexibility index (Phi) is 6.57. The van der Waals surface area contributed by atoms with Crippen molar-refractivity contribution in [2.75, 3.05) is 6.54 Å². The van der Waals surface area contributed by atoms with Crippen LogP contribution in [-0.2, 0) is 6.54 Å². The van der Waals surface area contributed by atoms with Gasteiger partial charge < -0.3 is 15.3 Å². The molecule has 0 aromatic heterocycles. The van der Waals surface area contributed by atoms with Crippen molar-refractivity contribution in [1.29, 1.82) is 0 Å². The van der Waals surface area contributed by atoms with Crippen molar-refractivity contribution >= 4 is 12.0 Å². The van der Waals surface area contributed by atoms with Crippen molar-refractivity contribution in [3.8, 4) is 0 Å². The predicted molar refractivity (Wildman–Crippen MR) is 97.5 cm³/mol. The molecular formula is C20H24N2O3. The van der Waals surface area contributed by atoms with Crippen molar-refractivity contribution in [2.24, 2.45) is 0 Å². The molecule has 2 amide bonds. The van der Waals surface area contributed by atoms with E-state index in [1.807, 2.05) is 42.2 Å². The van der Waals surface area contributed by atoms with Gasteiger partial charge in [-0.15, -0.1) is 0 Å². The number of hydrogen-bond acceptors (Lipinski definition) is 2. The fourth-order valence-corrected chi connectivity index (χ4v) is 2.86. The maximum absolute atomic E-state index is 12.6. The summed E-state index contributed by atoms with van der Waals surface area (Å²) in [6.45, 7) is 5.00. The molecular weight excluding hydrogens is 316 g/mol. The van der Waals surface area contributed by atoms with Crippen molar-refractivity contribution in [3.05, 3.63) is 71.3 Å². The second kappa shape index (κ2) is 8.87. The van der Waals surface area contributed by atoms with Gasteiger partial charge >= 0.3 is 12.0 Å². The minimum Gasteiger partial charge on any atom is -0.478 e. The lowest BCUT2D eigenvalue weighted by atomic mass is 10.0. The van der Waals surface area contributed by atoms with E-state index in [1.165, 1.54) is 0 Å². The molecule has 0 spiro atoms. The SMILES string of the molecule is CCC(c1ccccc1)N(CC)C(=O)NCc1ccc(C(=O)O)cc1. The molecule has 0 fully saturated rings. The number of nitrogens with zero attached hydrogens (tertiary/aromatic N) is 1. The fourth-order valence-electron chi connectivity index (χ4n) is 2.86. The number of carboxylic acids is 1. The number of benzene rings is 2. The second-order valence-electron chi connectivity index (χ2n) is 5.78. The Bertz CT molecular complexity index is 699. The van der Waals surface area contributed by atoms with Crippen molar-refractivity contribution < 1.29 is 14.7 Å². The van der Waals surface area contributed by atoms with Gasteiger partial charge in [-0.1, -0.05) is 49.4 Å². The Labute approximate surface area is 148 Å². The Hall–Kier alpha value is -2.82. The summed E-state index contributed by atoms with van der Waals surface area (Å²) in [5.74, 6) is -0.957. The summed E-state index contributed by atoms with van der Waals surface area (Å²) < 4.78 is 0. The summed E-state index contributed by atoms with van der Waals surface area (Å²) in [5, 5.41) is 11.8. The number of amides is 2. The Morgan fingerprint density at radius 2 is 1.68 bits per heavy atom. The van der Waals surface area contributed by atoms with E-state index >= 15 is 0 Å². The monoisotopic (exact) mass is 340 g/mol. The van der Waals surface area contributed by atoms with Crippen LogP contribution in [0.25, 0.3) is 0 Å². The molecule has 0 radical (unpaired) electrons. The molecule has 2 aromatic rings. The van der Waals surface area contributed by atoms with Gasteiger partial charge in [-0.3, -0.25) is 0 Å². The van der Waals surface area contributed by atoms with E-state index < -0.39 is 5.97 Å². The van der Waals surface area contributed by atoms with Crippen molar-refractivity contribution in [2.45, 2.75) is 32.9 Å². The number of aromatic carboxylic acids is 1. The van der Waals surface area contributed by atoms with Crippen LogP contribution in [0, 0.1) is 0 Å². The number of hydrogen-bond donors (Lipinski definition) is 2. The highest BCUT2D eigenvalue weighted by atomic mass is 16.4. The largest absolute Gasteiger partial charge is 0.478 e. The van der Waals surface area contributed by atoms with Crippen LogP contribution in [0.4, 0.5) is 4.79 Å². The number of carbonyl (C=O) groups excluding carboxylic acids is 1. The van der Waals surface area contributed by atoms with Crippen LogP contribution in [0.15, 0.2) is 54.6 Å². The average molecular weight is 340 g/mol. The third kappa shape index (κ3) is 4.83. The summed E-state index contributed by atoms with van der Waals surface area (Å²) in [4.78, 5) is 25.3. The first-order chi connectivity index (χ1) is 12.1. The van der Waals surface area contributed by atoms with Crippen LogP contribution < -0.4 is 5.32 Å². The Morgan fingerprint density at radius 1 is 1.04 bits per heavy atom. The average Bonchev–Trinajstić information content (AvgIpc) is 2.65. The Balaban J connectivity index is 2.02. The molecule has 0 aliphatic rings. The molecule has 5 heteroatoms. The van der Waals surface area contributed by atoms with Gasteiger partial charge in [-0.2, -0.15) is 0 Å². The lowest BCUT2D eigenvalue weighted by molar-refractivity contribution is 0.0697. The molecule has 0 bridgehead atoms. The molecule has 0 aliphatic heterocycles. The van der Waals surface area contributed by atoms with E-state index in [9.17, 15) is 9.59 Å². The summed E-state index contributed by atoms with van der Waals surface area (Å²) in [5.41, 5.74) is 2.22. The van der Waals surface area contributed by atoms with Gasteiger partial charge in [0.2, 0.25) is 0 Å². The molecule has 5 nitrogen and oxygen atoms in total. The van der Waals surface area contributed by atoms with Crippen molar-refractivity contribution in [3.63, 3.8) is 0 Å². The van der Waals surface area contributed by atoms with Gasteiger partial charge in [-0.05, 0) is 36.6 Å². The lowest BCUT2D eigenvalue weighted by Crippen LogP contribution is -2.41. The van der Waals surface area contributed by atoms with Crippen LogP contribution in [-0.4, -0.2) is 28.6 Å². The third-order valence-electron chi connectivity index (χ3n) is 4.19. The summed E-state index contributed by atoms with van der Waals surface area (Å²) in [6.07, 6.45) is 0.832. The molecule has 2 aromatic carbocycles. The van der Waals surface area contributed by atoms with Gasteiger partial charge in [0.25, 0.3) is 0 Å². The van der Waals surface area contributed by atoms with Gasteiger partial charge in [0.05, 0.1) is 11.6 Å². The van der Waals surface area contributed by atoms with Crippen LogP contribution in [0.3, 0.4) is 0 Å². The molecule has 0 saturated carbocycles. The van der Waals surface area contributed by atoms with E-state index in [0.717, 1.165) is 17.5 Å². The highest BCUT2D eigenvalue weighted by molar-refractivity contribution is 5.87. The fraction of sp³-hybridized carbons (Fsp3) is 0.300. The van der Waals surface area contributed by atoms with Crippen LogP contribution in [0.1, 0.15) is 47.8 Å². The third-order valence-corrected chi connectivity index (χ3v) is 4.19. The van der Waals surface area contributed by atoms with E-state index in [-0.39, 0.29) is 17.6 Å². The van der Waals surface area contributed by atoms with Crippen LogP contribution >= 0.6 is 0 Å². The first-order valence-corrected chi connectivity index (χ1v) is 8.48. The molecule has 25 heavy (non-hydrogen) atoms. The zero-order valence-electron chi connectivity index (χ0n) is 14.6. The number of nitrogens with one attached hydrogen (secondary N) is 1. The smallest absolute Gasteiger partial charge is 0.335 e. The van der Waals surface area contributed by atoms with Gasteiger partial charge in [0, 0.05) is 13.1 Å². The first-order valence-electron chi connectivity index (χ1n) is 8.48. The quantitative estimate of drug-likeness (QED) is 0.798. The second-order valence-corrected chi connectivity index (χ2v) is 5.78. The minimum atomic E-state index is -0.957. The minimum absolute atomic E-state index is 0.0283. The standard InChI is InChI=1S/C20H24N2O3/c1-3-18(16-8-6-5-7-9-16)22(4-2)20(25)21-14-15-10-12-17(13-11-15)19(23)24/h5-13,18H,3-4,14H2,1-2H3,(H,21,25)(H,23,24). The maximum Gasteiger partial charge on any atom is 0.335 e. The van der Waals surface area contributed by atoms with Gasteiger partial charge in [0.1, 0.15) is 0 Å². The predicted octanol–water partition coefficient (Wildman–Crippen LogP) is 4.07. The number of rotatable bonds is 7. The zero-order chi connectivity index (χ0) is 18.2. The molecule has 1 atom stereocenters. The normalized spacial score (nSPS) is 11.6. The van der Waals surface area contributed by atoms with E-state index in [0.29, 0.717) is 13.1 Å². The van der Waals surface area contributed by atoms with Crippen LogP contribution in [0.2, 0.25) is 0 Å². The topological polar surface area (TPSA) is 69.6 Å². The lowest BCUT2D eigenvalue weighted by Gasteiger charge is -2.30. The number of carboxylic acid groups (broad SMARTS) is 1. The van der Waals surface area contributed by atoms with Gasteiger partial charge in [-0.25, -0.2) is 9.59 Å². The summed E-state index contributed by atoms with van der Waals surface area (Å²) >= 11 is 0. The summed E-state index contributed by atoms with van der Waals surface area (Å²) in [6, 6.07) is 16.4. The molecule has 2 rings (SSSR count). The number of urea groups is 1. The van der Waals surface area contributed by atoms with Crippen LogP contribution in [0.5, 0.6) is 0 Å². The zero-order valence-corrected chi connectivity index (χ0v) is 14.6. The van der Waals surface area contributed by atoms with Crippen molar-refractivity contribution in [1.82, 2.24) is 10.2 Å². The van der Waals surface area contributed by atoms with E-state index in [1.54, 1.807) is 24.3 Å². The molecule has 1 unspecified atom stereocenters. The highest BCUT2D eigenvalue weighted by Gasteiger charge is 2.22. The first kappa shape index (κ1) is 18.5. The molecule has 2 N–H and O–H groups in total. The maximum atomic E-state index is 12.6. The van der Waals surface area contributed by atoms with Gasteiger partial charge in [0.15, 0.2) is 0 Å². The summed E-state index contributed by atoms with van der Waals surface area (Å²) in [7, 11) is 0. The highest BCUT2D eigenvalue weighted by Crippen LogP contribution is 2.23.